The summed E-state index contributed by atoms with van der Waals surface area (Å²) in [5.41, 5.74) is 0.633. The number of anilines is 2. The maximum absolute atomic E-state index is 13.0. The molecule has 3 aliphatic heterocycles. The Hall–Kier alpha value is -2.09. The van der Waals surface area contributed by atoms with Gasteiger partial charge < -0.3 is 14.5 Å². The molecule has 0 aliphatic carbocycles. The molecule has 0 saturated carbocycles. The molecule has 26 heavy (non-hydrogen) atoms. The van der Waals surface area contributed by atoms with Crippen molar-refractivity contribution in [2.24, 2.45) is 0 Å². The Labute approximate surface area is 153 Å². The molecule has 0 radical (unpaired) electrons. The summed E-state index contributed by atoms with van der Waals surface area (Å²) in [6, 6.07) is 3.42. The van der Waals surface area contributed by atoms with E-state index in [4.69, 9.17) is 10.00 Å². The van der Waals surface area contributed by atoms with E-state index in [1.807, 2.05) is 6.07 Å². The van der Waals surface area contributed by atoms with E-state index in [1.165, 1.54) is 8.61 Å². The molecule has 3 aliphatic rings. The second-order valence-electron chi connectivity index (χ2n) is 6.81. The molecule has 4 heterocycles. The second-order valence-corrected chi connectivity index (χ2v) is 8.62. The van der Waals surface area contributed by atoms with Crippen LogP contribution in [0.5, 0.6) is 0 Å². The van der Waals surface area contributed by atoms with Gasteiger partial charge in [-0.2, -0.15) is 18.0 Å². The number of rotatable bonds is 4. The van der Waals surface area contributed by atoms with Crippen LogP contribution in [0.15, 0.2) is 18.3 Å². The van der Waals surface area contributed by atoms with E-state index in [2.05, 4.69) is 16.1 Å². The summed E-state index contributed by atoms with van der Waals surface area (Å²) >= 11 is 0. The molecule has 0 N–H and O–H groups in total. The highest BCUT2D eigenvalue weighted by molar-refractivity contribution is 7.90. The summed E-state index contributed by atoms with van der Waals surface area (Å²) in [5.74, 6) is 0.765. The number of nitriles is 1. The number of likely N-dealkylation sites (tertiary alicyclic amines) is 1. The van der Waals surface area contributed by atoms with Crippen LogP contribution in [0.25, 0.3) is 0 Å². The zero-order valence-corrected chi connectivity index (χ0v) is 15.5. The molecule has 10 heteroatoms. The van der Waals surface area contributed by atoms with E-state index in [1.54, 1.807) is 24.3 Å². The molecular formula is C16H22N6O3S. The summed E-state index contributed by atoms with van der Waals surface area (Å²) in [6.07, 6.45) is 4.65. The van der Waals surface area contributed by atoms with Gasteiger partial charge in [0, 0.05) is 64.7 Å². The van der Waals surface area contributed by atoms with Gasteiger partial charge in [-0.3, -0.25) is 4.31 Å². The molecule has 3 fully saturated rings. The van der Waals surface area contributed by atoms with Crippen molar-refractivity contribution in [1.29, 1.82) is 5.26 Å². The van der Waals surface area contributed by atoms with Gasteiger partial charge in [0.1, 0.15) is 5.82 Å². The Balaban J connectivity index is 1.51. The maximum atomic E-state index is 13.0. The molecule has 0 amide bonds. The molecule has 0 spiro atoms. The average Bonchev–Trinajstić information content (AvgIpc) is 3.17. The number of hydrogen-bond donors (Lipinski definition) is 0. The smallest absolute Gasteiger partial charge is 0.304 e. The molecule has 1 aromatic rings. The normalized spacial score (nSPS) is 26.2. The SMILES string of the molecule is COC1CN(c2cc(N3CCN(C4CCN(C#N)C4)S3(=O)=O)ccn2)C1. The molecule has 0 aromatic carbocycles. The van der Waals surface area contributed by atoms with Crippen LogP contribution in [-0.4, -0.2) is 81.1 Å². The third-order valence-corrected chi connectivity index (χ3v) is 7.36. The van der Waals surface area contributed by atoms with Crippen LogP contribution in [0.1, 0.15) is 6.42 Å². The molecule has 1 atom stereocenters. The predicted molar refractivity (Wildman–Crippen MR) is 95.8 cm³/mol. The summed E-state index contributed by atoms with van der Waals surface area (Å²) < 4.78 is 34.3. The predicted octanol–water partition coefficient (Wildman–Crippen LogP) is -0.161. The molecule has 1 unspecified atom stereocenters. The molecular weight excluding hydrogens is 356 g/mol. The summed E-state index contributed by atoms with van der Waals surface area (Å²) in [6.45, 7) is 3.46. The highest BCUT2D eigenvalue weighted by Gasteiger charge is 2.43. The first-order valence-electron chi connectivity index (χ1n) is 8.71. The van der Waals surface area contributed by atoms with Crippen LogP contribution in [0.3, 0.4) is 0 Å². The number of pyridine rings is 1. The van der Waals surface area contributed by atoms with E-state index in [0.717, 1.165) is 18.9 Å². The Morgan fingerprint density at radius 3 is 2.77 bits per heavy atom. The van der Waals surface area contributed by atoms with Crippen molar-refractivity contribution in [3.8, 4) is 6.19 Å². The molecule has 4 rings (SSSR count). The van der Waals surface area contributed by atoms with E-state index in [-0.39, 0.29) is 12.1 Å². The van der Waals surface area contributed by atoms with Crippen molar-refractivity contribution in [2.75, 3.05) is 55.6 Å². The Bertz CT molecular complexity index is 820. The Morgan fingerprint density at radius 1 is 1.27 bits per heavy atom. The second kappa shape index (κ2) is 6.57. The number of hydrogen-bond acceptors (Lipinski definition) is 7. The lowest BCUT2D eigenvalue weighted by atomic mass is 10.1. The van der Waals surface area contributed by atoms with Crippen LogP contribution in [0.4, 0.5) is 11.5 Å². The topological polar surface area (TPSA) is 93.0 Å². The Kier molecular flexibility index (Phi) is 4.38. The summed E-state index contributed by atoms with van der Waals surface area (Å²) in [5, 5.41) is 9.01. The molecule has 9 nitrogen and oxygen atoms in total. The fourth-order valence-corrected chi connectivity index (χ4v) is 5.56. The number of nitrogens with zero attached hydrogens (tertiary/aromatic N) is 6. The van der Waals surface area contributed by atoms with Crippen LogP contribution in [-0.2, 0) is 14.9 Å². The van der Waals surface area contributed by atoms with E-state index in [9.17, 15) is 8.42 Å². The number of ether oxygens (including phenoxy) is 1. The van der Waals surface area contributed by atoms with Gasteiger partial charge in [-0.1, -0.05) is 0 Å². The quantitative estimate of drug-likeness (QED) is 0.672. The van der Waals surface area contributed by atoms with Gasteiger partial charge in [0.05, 0.1) is 11.8 Å². The Morgan fingerprint density at radius 2 is 2.08 bits per heavy atom. The van der Waals surface area contributed by atoms with Crippen LogP contribution in [0, 0.1) is 11.5 Å². The van der Waals surface area contributed by atoms with Crippen molar-refractivity contribution in [2.45, 2.75) is 18.6 Å². The third-order valence-electron chi connectivity index (χ3n) is 5.33. The minimum Gasteiger partial charge on any atom is -0.378 e. The first kappa shape index (κ1) is 17.3. The highest BCUT2D eigenvalue weighted by Crippen LogP contribution is 2.31. The van der Waals surface area contributed by atoms with E-state index >= 15 is 0 Å². The van der Waals surface area contributed by atoms with Gasteiger partial charge in [-0.05, 0) is 12.5 Å². The van der Waals surface area contributed by atoms with Crippen molar-refractivity contribution >= 4 is 21.7 Å². The first-order valence-corrected chi connectivity index (χ1v) is 10.1. The standard InChI is InChI=1S/C16H22N6O3S/c1-25-15-10-20(11-15)16-8-13(2-4-18-16)21-6-7-22(26(21,23)24)14-3-5-19(9-14)12-17/h2,4,8,14-15H,3,5-7,9-11H2,1H3. The lowest BCUT2D eigenvalue weighted by Crippen LogP contribution is -2.52. The zero-order valence-electron chi connectivity index (χ0n) is 14.7. The number of methoxy groups -OCH3 is 1. The largest absolute Gasteiger partial charge is 0.378 e. The van der Waals surface area contributed by atoms with Crippen molar-refractivity contribution < 1.29 is 13.2 Å². The maximum Gasteiger partial charge on any atom is 0.304 e. The van der Waals surface area contributed by atoms with Crippen LogP contribution >= 0.6 is 0 Å². The monoisotopic (exact) mass is 378 g/mol. The van der Waals surface area contributed by atoms with Crippen molar-refractivity contribution in [1.82, 2.24) is 14.2 Å². The van der Waals surface area contributed by atoms with Crippen LogP contribution in [0.2, 0.25) is 0 Å². The van der Waals surface area contributed by atoms with Gasteiger partial charge >= 0.3 is 10.2 Å². The fourth-order valence-electron chi connectivity index (χ4n) is 3.76. The molecule has 3 saturated heterocycles. The van der Waals surface area contributed by atoms with Gasteiger partial charge in [0.15, 0.2) is 6.19 Å². The average molecular weight is 378 g/mol. The van der Waals surface area contributed by atoms with E-state index in [0.29, 0.717) is 38.3 Å². The highest BCUT2D eigenvalue weighted by atomic mass is 32.2. The van der Waals surface area contributed by atoms with Gasteiger partial charge in [0.2, 0.25) is 0 Å². The summed E-state index contributed by atoms with van der Waals surface area (Å²) in [7, 11) is -1.89. The molecule has 140 valence electrons. The summed E-state index contributed by atoms with van der Waals surface area (Å²) in [4.78, 5) is 8.04. The first-order chi connectivity index (χ1) is 12.5. The van der Waals surface area contributed by atoms with Crippen LogP contribution < -0.4 is 9.21 Å². The minimum absolute atomic E-state index is 0.135. The minimum atomic E-state index is -3.58. The van der Waals surface area contributed by atoms with Crippen molar-refractivity contribution in [3.05, 3.63) is 18.3 Å². The van der Waals surface area contributed by atoms with Gasteiger partial charge in [0.25, 0.3) is 0 Å². The van der Waals surface area contributed by atoms with Gasteiger partial charge in [-0.25, -0.2) is 4.98 Å². The zero-order chi connectivity index (χ0) is 18.3. The van der Waals surface area contributed by atoms with E-state index < -0.39 is 10.2 Å². The third kappa shape index (κ3) is 2.86. The molecule has 1 aromatic heterocycles. The molecule has 0 bridgehead atoms. The lowest BCUT2D eigenvalue weighted by molar-refractivity contribution is 0.0783. The fraction of sp³-hybridized carbons (Fsp3) is 0.625. The lowest BCUT2D eigenvalue weighted by Gasteiger charge is -2.39. The van der Waals surface area contributed by atoms with Gasteiger partial charge in [-0.15, -0.1) is 0 Å². The van der Waals surface area contributed by atoms with Crippen molar-refractivity contribution in [3.63, 3.8) is 0 Å². The number of aromatic nitrogens is 1.